The monoisotopic (exact) mass is 584 g/mol. The predicted octanol–water partition coefficient (Wildman–Crippen LogP) is 3.86. The van der Waals surface area contributed by atoms with Crippen LogP contribution in [0.25, 0.3) is 0 Å². The van der Waals surface area contributed by atoms with Crippen molar-refractivity contribution in [2.75, 3.05) is 0 Å². The number of ether oxygens (including phenoxy) is 1. The molecule has 2 amide bonds. The number of benzene rings is 3. The smallest absolute Gasteiger partial charge is 0.480 e. The number of amides is 2. The summed E-state index contributed by atoms with van der Waals surface area (Å²) in [5.74, 6) is -1.72. The van der Waals surface area contributed by atoms with Crippen LogP contribution in [-0.2, 0) is 49.6 Å². The Bertz CT molecular complexity index is 1460. The van der Waals surface area contributed by atoms with Gasteiger partial charge < -0.3 is 24.5 Å². The van der Waals surface area contributed by atoms with Crippen molar-refractivity contribution < 1.29 is 33.5 Å². The Hall–Kier alpha value is -4.15. The van der Waals surface area contributed by atoms with E-state index in [2.05, 4.69) is 5.32 Å². The van der Waals surface area contributed by atoms with Crippen LogP contribution in [0, 0.1) is 0 Å². The maximum atomic E-state index is 13.6. The molecule has 1 fully saturated rings. The van der Waals surface area contributed by atoms with Gasteiger partial charge in [0.2, 0.25) is 5.91 Å². The highest BCUT2D eigenvalue weighted by atomic mass is 16.7. The molecule has 0 aromatic heterocycles. The molecule has 3 aromatic rings. The molecule has 224 valence electrons. The van der Waals surface area contributed by atoms with Crippen LogP contribution in [-0.4, -0.2) is 58.4 Å². The summed E-state index contributed by atoms with van der Waals surface area (Å²) in [6.45, 7) is 8.17. The summed E-state index contributed by atoms with van der Waals surface area (Å²) in [5.41, 5.74) is 3.27. The summed E-state index contributed by atoms with van der Waals surface area (Å²) in [7, 11) is -0.532. The first-order valence-electron chi connectivity index (χ1n) is 14.5. The minimum atomic E-state index is -1.20. The molecular weight excluding hydrogens is 547 g/mol. The quantitative estimate of drug-likeness (QED) is 0.387. The molecular formula is C33H37BN2O7. The summed E-state index contributed by atoms with van der Waals surface area (Å²) in [6, 6.07) is 22.1. The molecule has 2 N–H and O–H groups in total. The van der Waals surface area contributed by atoms with Gasteiger partial charge in [-0.15, -0.1) is 0 Å². The van der Waals surface area contributed by atoms with Crippen molar-refractivity contribution in [1.82, 2.24) is 10.2 Å². The van der Waals surface area contributed by atoms with Crippen LogP contribution in [0.1, 0.15) is 49.9 Å². The SMILES string of the molecule is CC1(C)OB(c2ccc(C[C@@H](NC(=O)[C@@H]3Cc4ccccc4CN3C(=O)OCc3ccccc3)C(=O)O)cc2)OC1(C)C. The Morgan fingerprint density at radius 1 is 0.907 bits per heavy atom. The van der Waals surface area contributed by atoms with E-state index in [-0.39, 0.29) is 26.0 Å². The lowest BCUT2D eigenvalue weighted by atomic mass is 9.78. The van der Waals surface area contributed by atoms with E-state index in [4.69, 9.17) is 14.0 Å². The van der Waals surface area contributed by atoms with Crippen LogP contribution in [0.4, 0.5) is 4.79 Å². The summed E-state index contributed by atoms with van der Waals surface area (Å²) >= 11 is 0. The first kappa shape index (κ1) is 30.3. The van der Waals surface area contributed by atoms with Gasteiger partial charge in [-0.25, -0.2) is 9.59 Å². The van der Waals surface area contributed by atoms with Crippen LogP contribution in [0.2, 0.25) is 0 Å². The van der Waals surface area contributed by atoms with Gasteiger partial charge in [-0.1, -0.05) is 78.9 Å². The zero-order chi connectivity index (χ0) is 30.8. The van der Waals surface area contributed by atoms with Gasteiger partial charge in [0.1, 0.15) is 18.7 Å². The Morgan fingerprint density at radius 2 is 1.51 bits per heavy atom. The van der Waals surface area contributed by atoms with E-state index < -0.39 is 48.4 Å². The number of nitrogens with zero attached hydrogens (tertiary/aromatic N) is 1. The third-order valence-corrected chi connectivity index (χ3v) is 8.55. The molecule has 2 heterocycles. The second-order valence-corrected chi connectivity index (χ2v) is 12.1. The normalized spacial score (nSPS) is 19.3. The molecule has 9 nitrogen and oxygen atoms in total. The molecule has 0 bridgehead atoms. The number of fused-ring (bicyclic) bond motifs is 1. The van der Waals surface area contributed by atoms with Gasteiger partial charge in [0.05, 0.1) is 17.7 Å². The van der Waals surface area contributed by atoms with E-state index in [0.29, 0.717) is 0 Å². The third kappa shape index (κ3) is 6.76. The van der Waals surface area contributed by atoms with Gasteiger partial charge in [0, 0.05) is 12.8 Å². The number of hydrogen-bond donors (Lipinski definition) is 2. The van der Waals surface area contributed by atoms with Gasteiger partial charge in [0.15, 0.2) is 0 Å². The Labute approximate surface area is 252 Å². The average molecular weight is 584 g/mol. The highest BCUT2D eigenvalue weighted by Crippen LogP contribution is 2.36. The minimum absolute atomic E-state index is 0.0613. The van der Waals surface area contributed by atoms with Crippen LogP contribution >= 0.6 is 0 Å². The van der Waals surface area contributed by atoms with Gasteiger partial charge >= 0.3 is 19.2 Å². The maximum absolute atomic E-state index is 13.6. The molecule has 1 saturated heterocycles. The Morgan fingerprint density at radius 3 is 2.14 bits per heavy atom. The number of carboxylic acid groups (broad SMARTS) is 1. The van der Waals surface area contributed by atoms with Crippen LogP contribution in [0.15, 0.2) is 78.9 Å². The Kier molecular flexibility index (Phi) is 8.62. The van der Waals surface area contributed by atoms with E-state index in [1.54, 1.807) is 0 Å². The number of hydrogen-bond acceptors (Lipinski definition) is 6. The molecule has 0 saturated carbocycles. The number of nitrogens with one attached hydrogen (secondary N) is 1. The first-order valence-corrected chi connectivity index (χ1v) is 14.5. The van der Waals surface area contributed by atoms with Gasteiger partial charge in [-0.2, -0.15) is 0 Å². The van der Waals surface area contributed by atoms with Crippen molar-refractivity contribution in [1.29, 1.82) is 0 Å². The molecule has 0 spiro atoms. The largest absolute Gasteiger partial charge is 0.494 e. The van der Waals surface area contributed by atoms with Crippen LogP contribution in [0.3, 0.4) is 0 Å². The van der Waals surface area contributed by atoms with Gasteiger partial charge in [-0.05, 0) is 55.4 Å². The zero-order valence-corrected chi connectivity index (χ0v) is 24.9. The topological polar surface area (TPSA) is 114 Å². The van der Waals surface area contributed by atoms with Gasteiger partial charge in [0.25, 0.3) is 0 Å². The lowest BCUT2D eigenvalue weighted by Crippen LogP contribution is -2.56. The predicted molar refractivity (Wildman–Crippen MR) is 162 cm³/mol. The van der Waals surface area contributed by atoms with E-state index in [1.807, 2.05) is 107 Å². The lowest BCUT2D eigenvalue weighted by molar-refractivity contribution is -0.142. The van der Waals surface area contributed by atoms with E-state index >= 15 is 0 Å². The molecule has 2 aliphatic rings. The first-order chi connectivity index (χ1) is 20.4. The molecule has 3 aromatic carbocycles. The van der Waals surface area contributed by atoms with Gasteiger partial charge in [-0.3, -0.25) is 9.69 Å². The number of carboxylic acids is 1. The van der Waals surface area contributed by atoms with Crippen molar-refractivity contribution in [3.8, 4) is 0 Å². The standard InChI is InChI=1S/C33H37BN2O7/c1-32(2)33(3,4)43-34(42-32)26-16-14-22(15-17-26)18-27(30(38)39)35-29(37)28-19-24-12-8-9-13-25(24)20-36(28)31(40)41-21-23-10-6-5-7-11-23/h5-17,27-28H,18-21H2,1-4H3,(H,35,37)(H,38,39)/t27-,28+/m1/s1. The summed E-state index contributed by atoms with van der Waals surface area (Å²) in [6.07, 6.45) is -0.326. The number of aliphatic carboxylic acids is 1. The summed E-state index contributed by atoms with van der Waals surface area (Å²) in [4.78, 5) is 40.4. The highest BCUT2D eigenvalue weighted by molar-refractivity contribution is 6.62. The minimum Gasteiger partial charge on any atom is -0.480 e. The summed E-state index contributed by atoms with van der Waals surface area (Å²) in [5, 5.41) is 12.7. The fourth-order valence-corrected chi connectivity index (χ4v) is 5.25. The second-order valence-electron chi connectivity index (χ2n) is 12.1. The molecule has 2 atom stereocenters. The van der Waals surface area contributed by atoms with Crippen molar-refractivity contribution in [3.05, 3.63) is 101 Å². The van der Waals surface area contributed by atoms with Crippen molar-refractivity contribution in [3.63, 3.8) is 0 Å². The molecule has 0 aliphatic carbocycles. The van der Waals surface area contributed by atoms with E-state index in [9.17, 15) is 19.5 Å². The number of carbonyl (C=O) groups is 3. The molecule has 5 rings (SSSR count). The molecule has 43 heavy (non-hydrogen) atoms. The summed E-state index contributed by atoms with van der Waals surface area (Å²) < 4.78 is 17.8. The van der Waals surface area contributed by atoms with Crippen LogP contribution in [0.5, 0.6) is 0 Å². The second kappa shape index (κ2) is 12.2. The molecule has 10 heteroatoms. The molecule has 0 radical (unpaired) electrons. The van der Waals surface area contributed by atoms with Crippen molar-refractivity contribution in [2.24, 2.45) is 0 Å². The van der Waals surface area contributed by atoms with E-state index in [0.717, 1.165) is 27.7 Å². The zero-order valence-electron chi connectivity index (χ0n) is 24.9. The van der Waals surface area contributed by atoms with Crippen molar-refractivity contribution in [2.45, 2.75) is 77.0 Å². The van der Waals surface area contributed by atoms with E-state index in [1.165, 1.54) is 4.90 Å². The number of rotatable bonds is 8. The molecule has 2 aliphatic heterocycles. The average Bonchev–Trinajstić information content (AvgIpc) is 3.21. The fraction of sp³-hybridized carbons (Fsp3) is 0.364. The molecule has 0 unspecified atom stereocenters. The third-order valence-electron chi connectivity index (χ3n) is 8.55. The number of carbonyl (C=O) groups excluding carboxylic acids is 2. The Balaban J connectivity index is 1.28. The highest BCUT2D eigenvalue weighted by Gasteiger charge is 2.51. The fourth-order valence-electron chi connectivity index (χ4n) is 5.25. The lowest BCUT2D eigenvalue weighted by Gasteiger charge is -2.35. The van der Waals surface area contributed by atoms with Crippen LogP contribution < -0.4 is 10.8 Å². The van der Waals surface area contributed by atoms with Crippen molar-refractivity contribution >= 4 is 30.6 Å². The maximum Gasteiger partial charge on any atom is 0.494 e.